The molecule has 0 heterocycles. The standard InChI is InChI=1S/C25H27FN2/c1-15-11-17(3)23(18(4)12-15)27-25(21-7-9-22(26)10-8-21)28-24-19(5)13-16(2)14-20(24)6/h7-14H,1-6H3,(H,27,28). The van der Waals surface area contributed by atoms with E-state index in [1.807, 2.05) is 0 Å². The van der Waals surface area contributed by atoms with Gasteiger partial charge in [0.15, 0.2) is 0 Å². The van der Waals surface area contributed by atoms with Crippen molar-refractivity contribution in [2.75, 3.05) is 5.32 Å². The van der Waals surface area contributed by atoms with Crippen LogP contribution in [0.25, 0.3) is 0 Å². The number of benzene rings is 3. The summed E-state index contributed by atoms with van der Waals surface area (Å²) in [6.45, 7) is 12.5. The maximum Gasteiger partial charge on any atom is 0.138 e. The van der Waals surface area contributed by atoms with Crippen LogP contribution < -0.4 is 5.32 Å². The number of aryl methyl sites for hydroxylation is 6. The topological polar surface area (TPSA) is 24.4 Å². The van der Waals surface area contributed by atoms with Crippen LogP contribution in [0.4, 0.5) is 15.8 Å². The Labute approximate surface area is 167 Å². The van der Waals surface area contributed by atoms with Crippen molar-refractivity contribution < 1.29 is 4.39 Å². The monoisotopic (exact) mass is 374 g/mol. The first-order valence-electron chi connectivity index (χ1n) is 9.52. The summed E-state index contributed by atoms with van der Waals surface area (Å²) in [7, 11) is 0. The molecular weight excluding hydrogens is 347 g/mol. The van der Waals surface area contributed by atoms with Crippen molar-refractivity contribution in [3.63, 3.8) is 0 Å². The Morgan fingerprint density at radius 1 is 0.714 bits per heavy atom. The number of amidine groups is 1. The van der Waals surface area contributed by atoms with Crippen LogP contribution in [0, 0.1) is 47.4 Å². The van der Waals surface area contributed by atoms with Gasteiger partial charge in [0.25, 0.3) is 0 Å². The first kappa shape index (κ1) is 19.8. The molecule has 28 heavy (non-hydrogen) atoms. The molecule has 0 aliphatic rings. The van der Waals surface area contributed by atoms with Gasteiger partial charge < -0.3 is 5.32 Å². The highest BCUT2D eigenvalue weighted by Gasteiger charge is 2.12. The number of hydrogen-bond acceptors (Lipinski definition) is 1. The lowest BCUT2D eigenvalue weighted by Crippen LogP contribution is -2.15. The lowest BCUT2D eigenvalue weighted by molar-refractivity contribution is 0.628. The predicted molar refractivity (Wildman–Crippen MR) is 118 cm³/mol. The van der Waals surface area contributed by atoms with Crippen LogP contribution in [0.2, 0.25) is 0 Å². The van der Waals surface area contributed by atoms with Gasteiger partial charge in [-0.05, 0) is 88.1 Å². The van der Waals surface area contributed by atoms with E-state index < -0.39 is 0 Å². The zero-order chi connectivity index (χ0) is 20.4. The molecule has 0 bridgehead atoms. The third-order valence-electron chi connectivity index (χ3n) is 4.90. The van der Waals surface area contributed by atoms with Gasteiger partial charge in [0, 0.05) is 11.3 Å². The second-order valence-corrected chi connectivity index (χ2v) is 7.61. The molecule has 2 nitrogen and oxygen atoms in total. The number of nitrogens with zero attached hydrogens (tertiary/aromatic N) is 1. The molecule has 3 aromatic rings. The van der Waals surface area contributed by atoms with Crippen LogP contribution in [-0.2, 0) is 0 Å². The average Bonchev–Trinajstić information content (AvgIpc) is 2.60. The largest absolute Gasteiger partial charge is 0.339 e. The third-order valence-corrected chi connectivity index (χ3v) is 4.90. The van der Waals surface area contributed by atoms with Crippen LogP contribution in [0.1, 0.15) is 38.9 Å². The minimum atomic E-state index is -0.256. The van der Waals surface area contributed by atoms with Crippen molar-refractivity contribution >= 4 is 17.2 Å². The van der Waals surface area contributed by atoms with E-state index in [0.29, 0.717) is 5.84 Å². The van der Waals surface area contributed by atoms with E-state index in [1.54, 1.807) is 12.1 Å². The van der Waals surface area contributed by atoms with Crippen molar-refractivity contribution in [1.29, 1.82) is 0 Å². The minimum Gasteiger partial charge on any atom is -0.339 e. The van der Waals surface area contributed by atoms with Crippen molar-refractivity contribution in [1.82, 2.24) is 0 Å². The molecule has 0 fully saturated rings. The van der Waals surface area contributed by atoms with Crippen molar-refractivity contribution in [2.24, 2.45) is 4.99 Å². The molecule has 0 saturated carbocycles. The number of nitrogens with one attached hydrogen (secondary N) is 1. The summed E-state index contributed by atoms with van der Waals surface area (Å²) >= 11 is 0. The van der Waals surface area contributed by atoms with Gasteiger partial charge >= 0.3 is 0 Å². The Morgan fingerprint density at radius 3 is 1.68 bits per heavy atom. The SMILES string of the molecule is Cc1cc(C)c(N=C(Nc2c(C)cc(C)cc2C)c2ccc(F)cc2)c(C)c1. The molecule has 3 heteroatoms. The molecule has 0 spiro atoms. The molecule has 1 N–H and O–H groups in total. The summed E-state index contributed by atoms with van der Waals surface area (Å²) in [6, 6.07) is 15.0. The minimum absolute atomic E-state index is 0.256. The number of aliphatic imine (C=N–C) groups is 1. The Balaban J connectivity index is 2.15. The fraction of sp³-hybridized carbons (Fsp3) is 0.240. The summed E-state index contributed by atoms with van der Waals surface area (Å²) in [5.41, 5.74) is 9.83. The van der Waals surface area contributed by atoms with Gasteiger partial charge in [-0.15, -0.1) is 0 Å². The van der Waals surface area contributed by atoms with Gasteiger partial charge in [0.2, 0.25) is 0 Å². The van der Waals surface area contributed by atoms with E-state index in [1.165, 1.54) is 23.3 Å². The quantitative estimate of drug-likeness (QED) is 0.393. The highest BCUT2D eigenvalue weighted by Crippen LogP contribution is 2.28. The first-order chi connectivity index (χ1) is 13.2. The molecule has 0 aromatic heterocycles. The molecule has 0 saturated heterocycles. The smallest absolute Gasteiger partial charge is 0.138 e. The highest BCUT2D eigenvalue weighted by atomic mass is 19.1. The van der Waals surface area contributed by atoms with Gasteiger partial charge in [-0.3, -0.25) is 0 Å². The van der Waals surface area contributed by atoms with Crippen LogP contribution in [0.5, 0.6) is 0 Å². The van der Waals surface area contributed by atoms with Gasteiger partial charge in [0.1, 0.15) is 11.7 Å². The first-order valence-corrected chi connectivity index (χ1v) is 9.52. The van der Waals surface area contributed by atoms with E-state index in [9.17, 15) is 4.39 Å². The molecule has 3 rings (SSSR count). The number of rotatable bonds is 3. The number of hydrogen-bond donors (Lipinski definition) is 1. The van der Waals surface area contributed by atoms with Crippen LogP contribution in [0.15, 0.2) is 53.5 Å². The predicted octanol–water partition coefficient (Wildman–Crippen LogP) is 6.87. The fourth-order valence-corrected chi connectivity index (χ4v) is 3.73. The Morgan fingerprint density at radius 2 is 1.18 bits per heavy atom. The Kier molecular flexibility index (Phi) is 5.64. The lowest BCUT2D eigenvalue weighted by Gasteiger charge is -2.17. The molecular formula is C25H27FN2. The third kappa shape index (κ3) is 4.30. The Hall–Kier alpha value is -2.94. The molecule has 0 atom stereocenters. The lowest BCUT2D eigenvalue weighted by atomic mass is 10.0. The zero-order valence-electron chi connectivity index (χ0n) is 17.4. The van der Waals surface area contributed by atoms with Crippen molar-refractivity contribution in [2.45, 2.75) is 41.5 Å². The van der Waals surface area contributed by atoms with E-state index in [4.69, 9.17) is 4.99 Å². The summed E-state index contributed by atoms with van der Waals surface area (Å²) in [5.74, 6) is 0.457. The van der Waals surface area contributed by atoms with Crippen LogP contribution >= 0.6 is 0 Å². The second kappa shape index (κ2) is 7.97. The average molecular weight is 375 g/mol. The zero-order valence-corrected chi connectivity index (χ0v) is 17.4. The molecule has 144 valence electrons. The second-order valence-electron chi connectivity index (χ2n) is 7.61. The van der Waals surface area contributed by atoms with Gasteiger partial charge in [-0.1, -0.05) is 35.4 Å². The normalized spacial score (nSPS) is 11.6. The molecule has 0 unspecified atom stereocenters. The van der Waals surface area contributed by atoms with E-state index >= 15 is 0 Å². The molecule has 0 amide bonds. The summed E-state index contributed by atoms with van der Waals surface area (Å²) in [6.07, 6.45) is 0. The van der Waals surface area contributed by atoms with E-state index in [2.05, 4.69) is 71.1 Å². The number of halogens is 1. The van der Waals surface area contributed by atoms with Crippen LogP contribution in [0.3, 0.4) is 0 Å². The van der Waals surface area contributed by atoms with Gasteiger partial charge in [-0.2, -0.15) is 0 Å². The molecule has 0 radical (unpaired) electrons. The highest BCUT2D eigenvalue weighted by molar-refractivity contribution is 6.10. The summed E-state index contributed by atoms with van der Waals surface area (Å²) in [4.78, 5) is 4.98. The fourth-order valence-electron chi connectivity index (χ4n) is 3.73. The summed E-state index contributed by atoms with van der Waals surface area (Å²) in [5, 5.41) is 3.52. The maximum absolute atomic E-state index is 13.5. The maximum atomic E-state index is 13.5. The van der Waals surface area contributed by atoms with Crippen LogP contribution in [-0.4, -0.2) is 5.84 Å². The Bertz CT molecular complexity index is 1000. The summed E-state index contributed by atoms with van der Waals surface area (Å²) < 4.78 is 13.5. The van der Waals surface area contributed by atoms with Crippen molar-refractivity contribution in [3.8, 4) is 0 Å². The number of anilines is 1. The van der Waals surface area contributed by atoms with E-state index in [0.717, 1.165) is 39.2 Å². The molecule has 0 aliphatic carbocycles. The van der Waals surface area contributed by atoms with Gasteiger partial charge in [-0.25, -0.2) is 9.38 Å². The van der Waals surface area contributed by atoms with Crippen molar-refractivity contribution in [3.05, 3.63) is 93.3 Å². The molecule has 0 aliphatic heterocycles. The van der Waals surface area contributed by atoms with E-state index in [-0.39, 0.29) is 5.82 Å². The molecule has 3 aromatic carbocycles. The van der Waals surface area contributed by atoms with Gasteiger partial charge in [0.05, 0.1) is 5.69 Å².